The van der Waals surface area contributed by atoms with Crippen molar-refractivity contribution in [3.05, 3.63) is 48.0 Å². The highest BCUT2D eigenvalue weighted by atomic mass is 127. The molecule has 2 aliphatic rings. The van der Waals surface area contributed by atoms with Crippen molar-refractivity contribution < 1.29 is 18.9 Å². The third-order valence-electron chi connectivity index (χ3n) is 5.68. The number of aliphatic imine (C=N–C) groups is 1. The molecule has 33 heavy (non-hydrogen) atoms. The first kappa shape index (κ1) is 25.4. The Labute approximate surface area is 212 Å². The van der Waals surface area contributed by atoms with Gasteiger partial charge in [0.2, 0.25) is 0 Å². The van der Waals surface area contributed by atoms with Crippen LogP contribution in [0.15, 0.2) is 47.5 Å². The number of rotatable bonds is 6. The molecule has 2 aromatic rings. The van der Waals surface area contributed by atoms with Gasteiger partial charge in [0.05, 0.1) is 39.6 Å². The number of guanidine groups is 1. The molecule has 1 saturated heterocycles. The molecule has 8 nitrogen and oxygen atoms in total. The van der Waals surface area contributed by atoms with Crippen LogP contribution in [0, 0.1) is 0 Å². The van der Waals surface area contributed by atoms with Crippen LogP contribution in [0.5, 0.6) is 17.2 Å². The average Bonchev–Trinajstić information content (AvgIpc) is 3.09. The molecular formula is C24H33IN4O4. The summed E-state index contributed by atoms with van der Waals surface area (Å²) < 4.78 is 22.4. The number of ether oxygens (including phenoxy) is 4. The molecule has 0 radical (unpaired) electrons. The molecule has 0 spiro atoms. The molecule has 1 unspecified atom stereocenters. The summed E-state index contributed by atoms with van der Waals surface area (Å²) in [6.45, 7) is 5.33. The van der Waals surface area contributed by atoms with Gasteiger partial charge in [0, 0.05) is 44.9 Å². The van der Waals surface area contributed by atoms with Gasteiger partial charge in [-0.15, -0.1) is 24.0 Å². The Morgan fingerprint density at radius 2 is 1.76 bits per heavy atom. The zero-order chi connectivity index (χ0) is 22.2. The Kier molecular flexibility index (Phi) is 9.89. The van der Waals surface area contributed by atoms with Crippen molar-refractivity contribution in [1.82, 2.24) is 10.2 Å². The predicted octanol–water partition coefficient (Wildman–Crippen LogP) is 3.54. The fraction of sp³-hybridized carbons (Fsp3) is 0.458. The summed E-state index contributed by atoms with van der Waals surface area (Å²) in [6.07, 6.45) is 0.884. The largest absolute Gasteiger partial charge is 0.497 e. The van der Waals surface area contributed by atoms with Gasteiger partial charge in [-0.2, -0.15) is 0 Å². The van der Waals surface area contributed by atoms with E-state index in [2.05, 4.69) is 32.7 Å². The quantitative estimate of drug-likeness (QED) is 0.314. The van der Waals surface area contributed by atoms with Crippen molar-refractivity contribution in [2.45, 2.75) is 12.5 Å². The Balaban J connectivity index is 0.00000306. The molecule has 2 N–H and O–H groups in total. The van der Waals surface area contributed by atoms with Crippen LogP contribution < -0.4 is 24.8 Å². The van der Waals surface area contributed by atoms with Crippen LogP contribution in [-0.2, 0) is 4.74 Å². The summed E-state index contributed by atoms with van der Waals surface area (Å²) in [5.74, 6) is 3.09. The van der Waals surface area contributed by atoms with Crippen LogP contribution in [0.25, 0.3) is 0 Å². The monoisotopic (exact) mass is 568 g/mol. The van der Waals surface area contributed by atoms with Crippen molar-refractivity contribution in [3.8, 4) is 17.2 Å². The molecule has 0 aliphatic carbocycles. The summed E-state index contributed by atoms with van der Waals surface area (Å²) in [7, 11) is 3.46. The van der Waals surface area contributed by atoms with Gasteiger partial charge in [-0.1, -0.05) is 12.1 Å². The van der Waals surface area contributed by atoms with E-state index in [1.54, 1.807) is 14.2 Å². The fourth-order valence-electron chi connectivity index (χ4n) is 3.92. The number of hydrogen-bond donors (Lipinski definition) is 2. The highest BCUT2D eigenvalue weighted by Gasteiger charge is 2.23. The van der Waals surface area contributed by atoms with Crippen LogP contribution in [0.1, 0.15) is 18.0 Å². The van der Waals surface area contributed by atoms with Crippen molar-refractivity contribution in [1.29, 1.82) is 0 Å². The molecule has 4 rings (SSSR count). The van der Waals surface area contributed by atoms with Crippen molar-refractivity contribution in [2.24, 2.45) is 4.99 Å². The van der Waals surface area contributed by atoms with E-state index in [0.717, 1.165) is 55.7 Å². The normalized spacial score (nSPS) is 17.3. The second-order valence-corrected chi connectivity index (χ2v) is 7.73. The molecule has 2 aliphatic heterocycles. The zero-order valence-electron chi connectivity index (χ0n) is 19.2. The van der Waals surface area contributed by atoms with Gasteiger partial charge < -0.3 is 29.6 Å². The minimum absolute atomic E-state index is 0. The number of nitrogens with one attached hydrogen (secondary N) is 2. The lowest BCUT2D eigenvalue weighted by Crippen LogP contribution is -2.44. The van der Waals surface area contributed by atoms with Gasteiger partial charge in [-0.3, -0.25) is 9.89 Å². The molecular weight excluding hydrogens is 535 g/mol. The second-order valence-electron chi connectivity index (χ2n) is 7.73. The average molecular weight is 568 g/mol. The number of nitrogens with zero attached hydrogens (tertiary/aromatic N) is 2. The molecule has 0 saturated carbocycles. The molecule has 1 fully saturated rings. The number of anilines is 1. The number of hydrogen-bond acceptors (Lipinski definition) is 6. The first-order valence-corrected chi connectivity index (χ1v) is 11.1. The predicted molar refractivity (Wildman–Crippen MR) is 141 cm³/mol. The summed E-state index contributed by atoms with van der Waals surface area (Å²) in [5, 5.41) is 6.86. The first-order chi connectivity index (χ1) is 15.8. The Morgan fingerprint density at radius 1 is 1.03 bits per heavy atom. The van der Waals surface area contributed by atoms with Gasteiger partial charge in [-0.25, -0.2) is 0 Å². The zero-order valence-corrected chi connectivity index (χ0v) is 21.5. The molecule has 0 aromatic heterocycles. The molecule has 0 bridgehead atoms. The third kappa shape index (κ3) is 6.87. The SMILES string of the molecule is CN=C(NCC(c1ccc(OC)cc1)N1CCOCC1)Nc1ccc2c(c1)OCCCO2.I. The highest BCUT2D eigenvalue weighted by molar-refractivity contribution is 14.0. The van der Waals surface area contributed by atoms with E-state index in [-0.39, 0.29) is 30.0 Å². The molecule has 0 amide bonds. The lowest BCUT2D eigenvalue weighted by molar-refractivity contribution is 0.0170. The number of methoxy groups -OCH3 is 1. The summed E-state index contributed by atoms with van der Waals surface area (Å²) in [6, 6.07) is 14.3. The Hall–Kier alpha value is -2.24. The minimum Gasteiger partial charge on any atom is -0.497 e. The van der Waals surface area contributed by atoms with Crippen LogP contribution >= 0.6 is 24.0 Å². The smallest absolute Gasteiger partial charge is 0.195 e. The van der Waals surface area contributed by atoms with E-state index in [1.807, 2.05) is 30.3 Å². The topological polar surface area (TPSA) is 76.6 Å². The maximum atomic E-state index is 5.80. The van der Waals surface area contributed by atoms with Gasteiger partial charge in [0.1, 0.15) is 5.75 Å². The standard InChI is InChI=1S/C24H32N4O4.HI/c1-25-24(27-19-6-9-22-23(16-19)32-13-3-12-31-22)26-17-21(28-10-14-30-15-11-28)18-4-7-20(29-2)8-5-18;/h4-9,16,21H,3,10-15,17H2,1-2H3,(H2,25,26,27);1H. The maximum absolute atomic E-state index is 5.80. The van der Waals surface area contributed by atoms with Crippen LogP contribution in [0.3, 0.4) is 0 Å². The van der Waals surface area contributed by atoms with E-state index in [1.165, 1.54) is 5.56 Å². The van der Waals surface area contributed by atoms with Crippen molar-refractivity contribution in [3.63, 3.8) is 0 Å². The van der Waals surface area contributed by atoms with Crippen LogP contribution in [0.4, 0.5) is 5.69 Å². The van der Waals surface area contributed by atoms with Gasteiger partial charge in [-0.05, 0) is 29.8 Å². The fourth-order valence-corrected chi connectivity index (χ4v) is 3.92. The molecule has 9 heteroatoms. The second kappa shape index (κ2) is 12.9. The van der Waals surface area contributed by atoms with E-state index < -0.39 is 0 Å². The van der Waals surface area contributed by atoms with E-state index in [4.69, 9.17) is 18.9 Å². The lowest BCUT2D eigenvalue weighted by Gasteiger charge is -2.35. The highest BCUT2D eigenvalue weighted by Crippen LogP contribution is 2.32. The van der Waals surface area contributed by atoms with Crippen molar-refractivity contribution in [2.75, 3.05) is 65.5 Å². The van der Waals surface area contributed by atoms with Gasteiger partial charge in [0.25, 0.3) is 0 Å². The van der Waals surface area contributed by atoms with E-state index in [9.17, 15) is 0 Å². The molecule has 180 valence electrons. The summed E-state index contributed by atoms with van der Waals surface area (Å²) in [5.41, 5.74) is 2.13. The Morgan fingerprint density at radius 3 is 2.45 bits per heavy atom. The number of halogens is 1. The van der Waals surface area contributed by atoms with Crippen LogP contribution in [-0.4, -0.2) is 71.1 Å². The summed E-state index contributed by atoms with van der Waals surface area (Å²) in [4.78, 5) is 6.85. The van der Waals surface area contributed by atoms with Gasteiger partial charge >= 0.3 is 0 Å². The first-order valence-electron chi connectivity index (χ1n) is 11.1. The van der Waals surface area contributed by atoms with Crippen LogP contribution in [0.2, 0.25) is 0 Å². The Bertz CT molecular complexity index is 904. The molecule has 2 aromatic carbocycles. The summed E-state index contributed by atoms with van der Waals surface area (Å²) >= 11 is 0. The van der Waals surface area contributed by atoms with Crippen molar-refractivity contribution >= 4 is 35.6 Å². The maximum Gasteiger partial charge on any atom is 0.195 e. The lowest BCUT2D eigenvalue weighted by atomic mass is 10.0. The molecule has 2 heterocycles. The van der Waals surface area contributed by atoms with Gasteiger partial charge in [0.15, 0.2) is 17.5 Å². The number of fused-ring (bicyclic) bond motifs is 1. The number of morpholine rings is 1. The number of benzene rings is 2. The third-order valence-corrected chi connectivity index (χ3v) is 5.68. The van der Waals surface area contributed by atoms with E-state index >= 15 is 0 Å². The minimum atomic E-state index is 0. The van der Waals surface area contributed by atoms with E-state index in [0.29, 0.717) is 25.7 Å². The molecule has 1 atom stereocenters.